The molecule has 0 radical (unpaired) electrons. The maximum atomic E-state index is 13.0. The Bertz CT molecular complexity index is 758. The second-order valence-corrected chi connectivity index (χ2v) is 7.19. The molecule has 0 spiro atoms. The van der Waals surface area contributed by atoms with E-state index in [0.29, 0.717) is 10.9 Å². The largest absolute Gasteiger partial charge is 0.336 e. The van der Waals surface area contributed by atoms with Crippen LogP contribution >= 0.6 is 11.6 Å². The molecule has 2 heterocycles. The van der Waals surface area contributed by atoms with Gasteiger partial charge >= 0.3 is 0 Å². The molecule has 140 valence electrons. The number of carbonyl (C=O) groups is 1. The third-order valence-corrected chi connectivity index (χ3v) is 5.04. The molecule has 1 saturated heterocycles. The third-order valence-electron chi connectivity index (χ3n) is 4.72. The summed E-state index contributed by atoms with van der Waals surface area (Å²) in [6, 6.07) is 7.51. The SMILES string of the molecule is CCCc1nc(C(=O)N2CCCC(CNC)C2)nn1-c1ccccc1Cl. The van der Waals surface area contributed by atoms with Crippen molar-refractivity contribution in [3.8, 4) is 5.69 Å². The number of aromatic nitrogens is 3. The molecule has 3 rings (SSSR count). The van der Waals surface area contributed by atoms with Crippen LogP contribution in [0.15, 0.2) is 24.3 Å². The zero-order chi connectivity index (χ0) is 18.5. The number of carbonyl (C=O) groups excluding carboxylic acids is 1. The number of hydrogen-bond acceptors (Lipinski definition) is 4. The summed E-state index contributed by atoms with van der Waals surface area (Å²) in [5.74, 6) is 1.43. The average Bonchev–Trinajstić information content (AvgIpc) is 3.06. The molecule has 7 heteroatoms. The molecule has 0 aliphatic carbocycles. The van der Waals surface area contributed by atoms with Crippen LogP contribution in [-0.2, 0) is 6.42 Å². The van der Waals surface area contributed by atoms with Gasteiger partial charge in [-0.2, -0.15) is 0 Å². The van der Waals surface area contributed by atoms with Crippen molar-refractivity contribution in [3.63, 3.8) is 0 Å². The molecular formula is C19H26ClN5O. The van der Waals surface area contributed by atoms with E-state index in [4.69, 9.17) is 11.6 Å². The van der Waals surface area contributed by atoms with E-state index in [1.807, 2.05) is 36.2 Å². The van der Waals surface area contributed by atoms with Gasteiger partial charge < -0.3 is 10.2 Å². The minimum absolute atomic E-state index is 0.0889. The molecule has 0 bridgehead atoms. The average molecular weight is 376 g/mol. The molecule has 1 aromatic heterocycles. The van der Waals surface area contributed by atoms with Gasteiger partial charge in [0.2, 0.25) is 5.82 Å². The van der Waals surface area contributed by atoms with Gasteiger partial charge in [-0.25, -0.2) is 9.67 Å². The first-order valence-electron chi connectivity index (χ1n) is 9.28. The van der Waals surface area contributed by atoms with Gasteiger partial charge in [0.15, 0.2) is 0 Å². The van der Waals surface area contributed by atoms with Gasteiger partial charge in [0, 0.05) is 19.5 Å². The monoisotopic (exact) mass is 375 g/mol. The van der Waals surface area contributed by atoms with E-state index in [2.05, 4.69) is 22.3 Å². The molecule has 1 aliphatic heterocycles. The number of halogens is 1. The summed E-state index contributed by atoms with van der Waals surface area (Å²) in [4.78, 5) is 19.4. The number of amides is 1. The van der Waals surface area contributed by atoms with Gasteiger partial charge in [-0.05, 0) is 50.9 Å². The highest BCUT2D eigenvalue weighted by Crippen LogP contribution is 2.22. The van der Waals surface area contributed by atoms with Gasteiger partial charge in [-0.15, -0.1) is 5.10 Å². The minimum Gasteiger partial charge on any atom is -0.336 e. The summed E-state index contributed by atoms with van der Waals surface area (Å²) in [7, 11) is 1.95. The zero-order valence-corrected chi connectivity index (χ0v) is 16.2. The second-order valence-electron chi connectivity index (χ2n) is 6.78. The lowest BCUT2D eigenvalue weighted by Crippen LogP contribution is -2.42. The van der Waals surface area contributed by atoms with Crippen LogP contribution in [0.3, 0.4) is 0 Å². The highest BCUT2D eigenvalue weighted by Gasteiger charge is 2.27. The van der Waals surface area contributed by atoms with Crippen molar-refractivity contribution in [2.45, 2.75) is 32.6 Å². The number of nitrogens with zero attached hydrogens (tertiary/aromatic N) is 4. The maximum absolute atomic E-state index is 13.0. The number of nitrogens with one attached hydrogen (secondary N) is 1. The lowest BCUT2D eigenvalue weighted by atomic mass is 9.98. The van der Waals surface area contributed by atoms with E-state index in [9.17, 15) is 4.79 Å². The normalized spacial score (nSPS) is 17.5. The van der Waals surface area contributed by atoms with Crippen LogP contribution in [0, 0.1) is 5.92 Å². The van der Waals surface area contributed by atoms with Gasteiger partial charge in [-0.3, -0.25) is 4.79 Å². The van der Waals surface area contributed by atoms with Crippen molar-refractivity contribution in [1.82, 2.24) is 25.0 Å². The summed E-state index contributed by atoms with van der Waals surface area (Å²) in [6.45, 7) is 4.53. The lowest BCUT2D eigenvalue weighted by Gasteiger charge is -2.31. The zero-order valence-electron chi connectivity index (χ0n) is 15.4. The molecule has 6 nitrogen and oxygen atoms in total. The van der Waals surface area contributed by atoms with Crippen molar-refractivity contribution in [2.75, 3.05) is 26.7 Å². The quantitative estimate of drug-likeness (QED) is 0.843. The van der Waals surface area contributed by atoms with Crippen molar-refractivity contribution >= 4 is 17.5 Å². The fraction of sp³-hybridized carbons (Fsp3) is 0.526. The van der Waals surface area contributed by atoms with Crippen LogP contribution in [0.4, 0.5) is 0 Å². The standard InChI is InChI=1S/C19H26ClN5O/c1-3-7-17-22-18(23-25(17)16-10-5-4-9-15(16)20)19(26)24-11-6-8-14(13-24)12-21-2/h4-5,9-10,14,21H,3,6-8,11-13H2,1-2H3. The molecule has 1 amide bonds. The first-order valence-corrected chi connectivity index (χ1v) is 9.66. The molecule has 0 saturated carbocycles. The Labute approximate surface area is 159 Å². The minimum atomic E-state index is -0.0889. The number of piperidine rings is 1. The second kappa shape index (κ2) is 8.64. The number of para-hydroxylation sites is 1. The molecule has 1 unspecified atom stereocenters. The lowest BCUT2D eigenvalue weighted by molar-refractivity contribution is 0.0662. The summed E-state index contributed by atoms with van der Waals surface area (Å²) >= 11 is 6.33. The molecular weight excluding hydrogens is 350 g/mol. The summed E-state index contributed by atoms with van der Waals surface area (Å²) < 4.78 is 1.72. The highest BCUT2D eigenvalue weighted by molar-refractivity contribution is 6.32. The maximum Gasteiger partial charge on any atom is 0.293 e. The van der Waals surface area contributed by atoms with Crippen molar-refractivity contribution < 1.29 is 4.79 Å². The van der Waals surface area contributed by atoms with Crippen molar-refractivity contribution in [1.29, 1.82) is 0 Å². The Morgan fingerprint density at radius 1 is 1.38 bits per heavy atom. The van der Waals surface area contributed by atoms with E-state index in [1.54, 1.807) is 4.68 Å². The molecule has 2 aromatic rings. The van der Waals surface area contributed by atoms with Crippen LogP contribution < -0.4 is 5.32 Å². The fourth-order valence-corrected chi connectivity index (χ4v) is 3.70. The summed E-state index contributed by atoms with van der Waals surface area (Å²) in [6.07, 6.45) is 3.83. The predicted octanol–water partition coefficient (Wildman–Crippen LogP) is 2.94. The van der Waals surface area contributed by atoms with Crippen LogP contribution in [0.5, 0.6) is 0 Å². The third kappa shape index (κ3) is 4.07. The molecule has 1 atom stereocenters. The van der Waals surface area contributed by atoms with Gasteiger partial charge in [0.1, 0.15) is 5.82 Å². The van der Waals surface area contributed by atoms with E-state index < -0.39 is 0 Å². The number of rotatable bonds is 6. The van der Waals surface area contributed by atoms with E-state index >= 15 is 0 Å². The molecule has 1 aliphatic rings. The molecule has 26 heavy (non-hydrogen) atoms. The molecule has 1 aromatic carbocycles. The molecule has 1 N–H and O–H groups in total. The predicted molar refractivity (Wildman–Crippen MR) is 103 cm³/mol. The molecule has 1 fully saturated rings. The van der Waals surface area contributed by atoms with E-state index in [0.717, 1.165) is 56.8 Å². The smallest absolute Gasteiger partial charge is 0.293 e. The summed E-state index contributed by atoms with van der Waals surface area (Å²) in [5.41, 5.74) is 0.760. The highest BCUT2D eigenvalue weighted by atomic mass is 35.5. The number of aryl methyl sites for hydroxylation is 1. The Morgan fingerprint density at radius 2 is 2.19 bits per heavy atom. The Kier molecular flexibility index (Phi) is 6.27. The van der Waals surface area contributed by atoms with Crippen LogP contribution in [0.2, 0.25) is 5.02 Å². The van der Waals surface area contributed by atoms with E-state index in [1.165, 1.54) is 0 Å². The van der Waals surface area contributed by atoms with Gasteiger partial charge in [0.25, 0.3) is 5.91 Å². The van der Waals surface area contributed by atoms with Gasteiger partial charge in [-0.1, -0.05) is 30.7 Å². The van der Waals surface area contributed by atoms with Crippen molar-refractivity contribution in [3.05, 3.63) is 40.9 Å². The Hall–Kier alpha value is -1.92. The van der Waals surface area contributed by atoms with Gasteiger partial charge in [0.05, 0.1) is 10.7 Å². The first-order chi connectivity index (χ1) is 12.6. The van der Waals surface area contributed by atoms with Crippen molar-refractivity contribution in [2.24, 2.45) is 5.92 Å². The number of likely N-dealkylation sites (tertiary alicyclic amines) is 1. The van der Waals surface area contributed by atoms with Crippen LogP contribution in [0.1, 0.15) is 42.6 Å². The topological polar surface area (TPSA) is 63.1 Å². The van der Waals surface area contributed by atoms with E-state index in [-0.39, 0.29) is 11.7 Å². The summed E-state index contributed by atoms with van der Waals surface area (Å²) in [5, 5.41) is 8.32. The Morgan fingerprint density at radius 3 is 2.92 bits per heavy atom. The fourth-order valence-electron chi connectivity index (χ4n) is 3.48. The van der Waals surface area contributed by atoms with Crippen LogP contribution in [-0.4, -0.2) is 52.3 Å². The number of hydrogen-bond donors (Lipinski definition) is 1. The Balaban J connectivity index is 1.87. The first kappa shape index (κ1) is 18.9. The van der Waals surface area contributed by atoms with Crippen LogP contribution in [0.25, 0.3) is 5.69 Å². The number of benzene rings is 1.